The standard InChI is InChI=1S/C16H19F3N6O2/c1-10(14-21-22-23-25(14)12-6-4-3-5-7-12)20-15(26)24-8-9-27-13(11(24)2)16(17,18)19/h3-7,10-11,13H,8-9H2,1-2H3,(H,20,26). The maximum atomic E-state index is 13.0. The van der Waals surface area contributed by atoms with E-state index in [4.69, 9.17) is 4.74 Å². The number of nitrogens with one attached hydrogen (secondary N) is 1. The molecule has 146 valence electrons. The third-order valence-electron chi connectivity index (χ3n) is 4.36. The van der Waals surface area contributed by atoms with E-state index >= 15 is 0 Å². The van der Waals surface area contributed by atoms with Crippen molar-refractivity contribution in [3.05, 3.63) is 36.2 Å². The van der Waals surface area contributed by atoms with E-state index in [1.807, 2.05) is 18.2 Å². The van der Waals surface area contributed by atoms with E-state index in [0.29, 0.717) is 11.5 Å². The van der Waals surface area contributed by atoms with E-state index in [9.17, 15) is 18.0 Å². The largest absolute Gasteiger partial charge is 0.416 e. The molecule has 1 fully saturated rings. The number of halogens is 3. The third kappa shape index (κ3) is 4.02. The number of carbonyl (C=O) groups excluding carboxylic acids is 1. The first-order valence-corrected chi connectivity index (χ1v) is 8.38. The molecule has 0 spiro atoms. The van der Waals surface area contributed by atoms with Gasteiger partial charge in [0.25, 0.3) is 0 Å². The Kier molecular flexibility index (Phi) is 5.31. The van der Waals surface area contributed by atoms with Crippen LogP contribution < -0.4 is 5.32 Å². The lowest BCUT2D eigenvalue weighted by molar-refractivity contribution is -0.246. The molecule has 1 saturated heterocycles. The van der Waals surface area contributed by atoms with E-state index in [1.54, 1.807) is 19.1 Å². The van der Waals surface area contributed by atoms with Gasteiger partial charge in [0.1, 0.15) is 0 Å². The Morgan fingerprint density at radius 1 is 1.33 bits per heavy atom. The van der Waals surface area contributed by atoms with Gasteiger partial charge in [-0.3, -0.25) is 0 Å². The van der Waals surface area contributed by atoms with Gasteiger partial charge in [0.2, 0.25) is 0 Å². The van der Waals surface area contributed by atoms with E-state index in [0.717, 1.165) is 4.90 Å². The Hall–Kier alpha value is -2.69. The lowest BCUT2D eigenvalue weighted by Gasteiger charge is -2.40. The monoisotopic (exact) mass is 384 g/mol. The number of urea groups is 1. The molecule has 3 rings (SSSR count). The number of ether oxygens (including phenoxy) is 1. The quantitative estimate of drug-likeness (QED) is 0.876. The number of benzene rings is 1. The van der Waals surface area contributed by atoms with Crippen LogP contribution in [0.25, 0.3) is 5.69 Å². The second kappa shape index (κ2) is 7.51. The molecule has 0 aliphatic carbocycles. The maximum absolute atomic E-state index is 13.0. The summed E-state index contributed by atoms with van der Waals surface area (Å²) in [6.07, 6.45) is -6.55. The molecule has 3 unspecified atom stereocenters. The van der Waals surface area contributed by atoms with Crippen LogP contribution in [0.2, 0.25) is 0 Å². The number of tetrazole rings is 1. The van der Waals surface area contributed by atoms with Gasteiger partial charge >= 0.3 is 12.2 Å². The summed E-state index contributed by atoms with van der Waals surface area (Å²) in [6.45, 7) is 2.86. The van der Waals surface area contributed by atoms with Crippen molar-refractivity contribution < 1.29 is 22.7 Å². The summed E-state index contributed by atoms with van der Waals surface area (Å²) in [6, 6.07) is 6.68. The van der Waals surface area contributed by atoms with Crippen LogP contribution >= 0.6 is 0 Å². The number of hydrogen-bond donors (Lipinski definition) is 1. The van der Waals surface area contributed by atoms with Crippen LogP contribution in [0.15, 0.2) is 30.3 Å². The number of nitrogens with zero attached hydrogens (tertiary/aromatic N) is 5. The summed E-state index contributed by atoms with van der Waals surface area (Å²) in [5.74, 6) is 0.364. The Balaban J connectivity index is 1.72. The van der Waals surface area contributed by atoms with Crippen LogP contribution in [0.5, 0.6) is 0 Å². The Morgan fingerprint density at radius 3 is 2.70 bits per heavy atom. The highest BCUT2D eigenvalue weighted by atomic mass is 19.4. The van der Waals surface area contributed by atoms with Gasteiger partial charge in [-0.1, -0.05) is 18.2 Å². The van der Waals surface area contributed by atoms with Gasteiger partial charge in [-0.2, -0.15) is 17.9 Å². The molecule has 0 saturated carbocycles. The minimum atomic E-state index is -4.54. The fraction of sp³-hybridized carbons (Fsp3) is 0.500. The molecule has 11 heteroatoms. The second-order valence-electron chi connectivity index (χ2n) is 6.22. The molecule has 3 atom stereocenters. The van der Waals surface area contributed by atoms with Gasteiger partial charge < -0.3 is 15.0 Å². The zero-order valence-corrected chi connectivity index (χ0v) is 14.7. The topological polar surface area (TPSA) is 85.2 Å². The van der Waals surface area contributed by atoms with Crippen LogP contribution in [0.4, 0.5) is 18.0 Å². The van der Waals surface area contributed by atoms with Crippen LogP contribution in [-0.2, 0) is 4.74 Å². The van der Waals surface area contributed by atoms with Crippen molar-refractivity contribution in [2.45, 2.75) is 38.2 Å². The molecule has 2 heterocycles. The van der Waals surface area contributed by atoms with Gasteiger partial charge in [-0.05, 0) is 36.4 Å². The number of rotatable bonds is 3. The number of amides is 2. The molecular formula is C16H19F3N6O2. The molecule has 1 aromatic heterocycles. The number of alkyl halides is 3. The van der Waals surface area contributed by atoms with Crippen molar-refractivity contribution in [2.75, 3.05) is 13.2 Å². The van der Waals surface area contributed by atoms with Gasteiger partial charge in [0, 0.05) is 6.54 Å². The Bertz CT molecular complexity index is 782. The normalized spacial score (nSPS) is 21.7. The third-order valence-corrected chi connectivity index (χ3v) is 4.36. The lowest BCUT2D eigenvalue weighted by Crippen LogP contribution is -2.59. The number of para-hydroxylation sites is 1. The van der Waals surface area contributed by atoms with Crippen molar-refractivity contribution in [2.24, 2.45) is 0 Å². The number of hydrogen-bond acceptors (Lipinski definition) is 5. The highest BCUT2D eigenvalue weighted by molar-refractivity contribution is 5.75. The van der Waals surface area contributed by atoms with Crippen LogP contribution in [0.1, 0.15) is 25.7 Å². The first-order valence-electron chi connectivity index (χ1n) is 8.38. The van der Waals surface area contributed by atoms with Crippen molar-refractivity contribution >= 4 is 6.03 Å². The number of carbonyl (C=O) groups is 1. The van der Waals surface area contributed by atoms with Gasteiger partial charge in [0.05, 0.1) is 24.4 Å². The molecule has 0 radical (unpaired) electrons. The van der Waals surface area contributed by atoms with E-state index in [2.05, 4.69) is 20.8 Å². The molecule has 2 amide bonds. The molecule has 27 heavy (non-hydrogen) atoms. The summed E-state index contributed by atoms with van der Waals surface area (Å²) in [5, 5.41) is 14.1. The first kappa shape index (κ1) is 19.1. The molecular weight excluding hydrogens is 365 g/mol. The SMILES string of the molecule is CC(NC(=O)N1CCOC(C(F)(F)F)C1C)c1nnnn1-c1ccccc1. The summed E-state index contributed by atoms with van der Waals surface area (Å²) in [4.78, 5) is 13.7. The minimum Gasteiger partial charge on any atom is -0.365 e. The van der Waals surface area contributed by atoms with Gasteiger partial charge in [-0.15, -0.1) is 5.10 Å². The highest BCUT2D eigenvalue weighted by Gasteiger charge is 2.49. The second-order valence-corrected chi connectivity index (χ2v) is 6.22. The predicted octanol–water partition coefficient (Wildman–Crippen LogP) is 2.08. The average Bonchev–Trinajstić information content (AvgIpc) is 3.11. The van der Waals surface area contributed by atoms with Crippen molar-refractivity contribution in [3.63, 3.8) is 0 Å². The Labute approximate surface area is 153 Å². The summed E-state index contributed by atoms with van der Waals surface area (Å²) < 4.78 is 45.4. The number of morpholine rings is 1. The molecule has 1 N–H and O–H groups in total. The smallest absolute Gasteiger partial charge is 0.365 e. The molecule has 2 aromatic rings. The number of aromatic nitrogens is 4. The molecule has 1 aliphatic rings. The fourth-order valence-corrected chi connectivity index (χ4v) is 2.99. The molecule has 8 nitrogen and oxygen atoms in total. The zero-order valence-electron chi connectivity index (χ0n) is 14.7. The molecule has 1 aliphatic heterocycles. The van der Waals surface area contributed by atoms with Crippen molar-refractivity contribution in [3.8, 4) is 5.69 Å². The zero-order chi connectivity index (χ0) is 19.6. The summed E-state index contributed by atoms with van der Waals surface area (Å²) in [7, 11) is 0. The van der Waals surface area contributed by atoms with Crippen LogP contribution in [0, 0.1) is 0 Å². The van der Waals surface area contributed by atoms with E-state index < -0.39 is 30.4 Å². The first-order chi connectivity index (χ1) is 12.8. The summed E-state index contributed by atoms with van der Waals surface area (Å²) in [5.41, 5.74) is 0.704. The van der Waals surface area contributed by atoms with Gasteiger partial charge in [-0.25, -0.2) is 4.79 Å². The molecule has 0 bridgehead atoms. The lowest BCUT2D eigenvalue weighted by atomic mass is 10.1. The molecule has 1 aromatic carbocycles. The Morgan fingerprint density at radius 2 is 2.04 bits per heavy atom. The fourth-order valence-electron chi connectivity index (χ4n) is 2.99. The van der Waals surface area contributed by atoms with E-state index in [-0.39, 0.29) is 13.2 Å². The predicted molar refractivity (Wildman–Crippen MR) is 88.1 cm³/mol. The highest BCUT2D eigenvalue weighted by Crippen LogP contribution is 2.30. The van der Waals surface area contributed by atoms with Crippen molar-refractivity contribution in [1.82, 2.24) is 30.4 Å². The van der Waals surface area contributed by atoms with E-state index in [1.165, 1.54) is 11.6 Å². The van der Waals surface area contributed by atoms with Crippen LogP contribution in [0.3, 0.4) is 0 Å². The summed E-state index contributed by atoms with van der Waals surface area (Å²) >= 11 is 0. The average molecular weight is 384 g/mol. The van der Waals surface area contributed by atoms with Crippen molar-refractivity contribution in [1.29, 1.82) is 0 Å². The maximum Gasteiger partial charge on any atom is 0.416 e. The minimum absolute atomic E-state index is 0.0654. The van der Waals surface area contributed by atoms with Crippen LogP contribution in [-0.4, -0.2) is 62.6 Å². The van der Waals surface area contributed by atoms with Gasteiger partial charge in [0.15, 0.2) is 11.9 Å².